The minimum atomic E-state index is -0.899. The number of nitrogens with zero attached hydrogens (tertiary/aromatic N) is 5. The minimum absolute atomic E-state index is 0.0911. The van der Waals surface area contributed by atoms with E-state index in [1.807, 2.05) is 0 Å². The van der Waals surface area contributed by atoms with Gasteiger partial charge in [-0.25, -0.2) is 9.48 Å². The summed E-state index contributed by atoms with van der Waals surface area (Å²) < 4.78 is 1.63. The molecule has 1 amide bonds. The second-order valence-corrected chi connectivity index (χ2v) is 4.07. The average molecular weight is 254 g/mol. The number of hydrogen-bond acceptors (Lipinski definition) is 5. The largest absolute Gasteiger partial charge is 0.465 e. The minimum Gasteiger partial charge on any atom is -0.465 e. The van der Waals surface area contributed by atoms with Gasteiger partial charge >= 0.3 is 6.09 Å². The van der Waals surface area contributed by atoms with Gasteiger partial charge in [0.2, 0.25) is 0 Å². The lowest BCUT2D eigenvalue weighted by molar-refractivity contribution is 0.123. The van der Waals surface area contributed by atoms with Crippen molar-refractivity contribution in [2.45, 2.75) is 18.9 Å². The Morgan fingerprint density at radius 3 is 2.72 bits per heavy atom. The van der Waals surface area contributed by atoms with Crippen LogP contribution in [-0.4, -0.2) is 55.2 Å². The van der Waals surface area contributed by atoms with Crippen molar-refractivity contribution in [3.63, 3.8) is 0 Å². The topological polar surface area (TPSA) is 130 Å². The maximum atomic E-state index is 10.8. The van der Waals surface area contributed by atoms with E-state index in [9.17, 15) is 4.79 Å². The molecule has 0 aliphatic carbocycles. The zero-order chi connectivity index (χ0) is 13.1. The van der Waals surface area contributed by atoms with Crippen LogP contribution in [0.4, 0.5) is 4.79 Å². The molecule has 1 aliphatic rings. The van der Waals surface area contributed by atoms with E-state index in [4.69, 9.17) is 16.0 Å². The number of likely N-dealkylation sites (tertiary alicyclic amines) is 1. The number of hydrogen-bond donors (Lipinski definition) is 3. The molecule has 1 fully saturated rings. The van der Waals surface area contributed by atoms with Gasteiger partial charge in [0, 0.05) is 13.1 Å². The van der Waals surface area contributed by atoms with Crippen LogP contribution < -0.4 is 5.73 Å². The van der Waals surface area contributed by atoms with Gasteiger partial charge in [0.15, 0.2) is 11.5 Å². The Morgan fingerprint density at radius 1 is 1.50 bits per heavy atom. The van der Waals surface area contributed by atoms with E-state index in [1.165, 1.54) is 4.90 Å². The molecule has 0 aromatic carbocycles. The van der Waals surface area contributed by atoms with Gasteiger partial charge in [0.05, 0.1) is 12.2 Å². The summed E-state index contributed by atoms with van der Waals surface area (Å²) in [5, 5.41) is 27.9. The van der Waals surface area contributed by atoms with Gasteiger partial charge in [-0.1, -0.05) is 10.4 Å². The van der Waals surface area contributed by atoms with Gasteiger partial charge < -0.3 is 20.9 Å². The van der Waals surface area contributed by atoms with Crippen LogP contribution in [0.25, 0.3) is 0 Å². The zero-order valence-corrected chi connectivity index (χ0v) is 9.60. The van der Waals surface area contributed by atoms with Crippen LogP contribution in [0.2, 0.25) is 0 Å². The number of nitrogens with two attached hydrogens (primary N) is 1. The molecule has 0 atom stereocenters. The number of aromatic nitrogens is 3. The van der Waals surface area contributed by atoms with Crippen LogP contribution >= 0.6 is 0 Å². The van der Waals surface area contributed by atoms with Crippen LogP contribution in [0.15, 0.2) is 11.4 Å². The molecule has 2 heterocycles. The van der Waals surface area contributed by atoms with Crippen molar-refractivity contribution < 1.29 is 15.1 Å². The fourth-order valence-corrected chi connectivity index (χ4v) is 1.95. The first-order chi connectivity index (χ1) is 8.61. The summed E-state index contributed by atoms with van der Waals surface area (Å²) in [6.45, 7) is 0.942. The number of piperidine rings is 1. The maximum absolute atomic E-state index is 10.8. The summed E-state index contributed by atoms with van der Waals surface area (Å²) in [4.78, 5) is 12.1. The Bertz CT molecular complexity index is 463. The number of carboxylic acid groups (broad SMARTS) is 1. The molecule has 9 heteroatoms. The summed E-state index contributed by atoms with van der Waals surface area (Å²) in [6, 6.07) is 0.0911. The number of carbonyl (C=O) groups is 1. The summed E-state index contributed by atoms with van der Waals surface area (Å²) in [6.07, 6.45) is 2.04. The molecule has 1 aliphatic heterocycles. The highest BCUT2D eigenvalue weighted by atomic mass is 16.4. The van der Waals surface area contributed by atoms with Crippen LogP contribution in [0.3, 0.4) is 0 Å². The molecule has 1 aromatic rings. The molecule has 0 spiro atoms. The van der Waals surface area contributed by atoms with Crippen molar-refractivity contribution in [1.82, 2.24) is 19.9 Å². The third-order valence-electron chi connectivity index (χ3n) is 2.99. The molecule has 0 bridgehead atoms. The normalized spacial score (nSPS) is 18.0. The third-order valence-corrected chi connectivity index (χ3v) is 2.99. The Labute approximate surface area is 102 Å². The van der Waals surface area contributed by atoms with Gasteiger partial charge in [0.25, 0.3) is 0 Å². The molecule has 9 nitrogen and oxygen atoms in total. The predicted molar refractivity (Wildman–Crippen MR) is 60.4 cm³/mol. The summed E-state index contributed by atoms with van der Waals surface area (Å²) in [7, 11) is 0. The highest BCUT2D eigenvalue weighted by Gasteiger charge is 2.24. The van der Waals surface area contributed by atoms with Crippen molar-refractivity contribution in [2.75, 3.05) is 13.1 Å². The summed E-state index contributed by atoms with van der Waals surface area (Å²) in [5.74, 6) is -0.0933. The van der Waals surface area contributed by atoms with E-state index in [2.05, 4.69) is 15.5 Å². The SMILES string of the molecule is NC(=NO)c1cn(C2CCN(C(=O)O)CC2)nn1. The van der Waals surface area contributed by atoms with Gasteiger partial charge in [-0.3, -0.25) is 0 Å². The summed E-state index contributed by atoms with van der Waals surface area (Å²) in [5.41, 5.74) is 5.70. The Balaban J connectivity index is 2.02. The van der Waals surface area contributed by atoms with E-state index >= 15 is 0 Å². The lowest BCUT2D eigenvalue weighted by Crippen LogP contribution is -2.38. The molecular weight excluding hydrogens is 240 g/mol. The van der Waals surface area contributed by atoms with Crippen molar-refractivity contribution in [2.24, 2.45) is 10.9 Å². The van der Waals surface area contributed by atoms with Crippen LogP contribution in [0, 0.1) is 0 Å². The third kappa shape index (κ3) is 2.34. The van der Waals surface area contributed by atoms with Crippen molar-refractivity contribution in [3.8, 4) is 0 Å². The van der Waals surface area contributed by atoms with E-state index in [-0.39, 0.29) is 11.9 Å². The first-order valence-corrected chi connectivity index (χ1v) is 5.49. The smallest absolute Gasteiger partial charge is 0.407 e. The lowest BCUT2D eigenvalue weighted by atomic mass is 10.1. The number of oxime groups is 1. The number of amides is 1. The highest BCUT2D eigenvalue weighted by molar-refractivity contribution is 5.94. The fourth-order valence-electron chi connectivity index (χ4n) is 1.95. The molecule has 18 heavy (non-hydrogen) atoms. The Morgan fingerprint density at radius 2 is 2.17 bits per heavy atom. The lowest BCUT2D eigenvalue weighted by Gasteiger charge is -2.29. The van der Waals surface area contributed by atoms with Gasteiger partial charge in [-0.2, -0.15) is 0 Å². The van der Waals surface area contributed by atoms with Crippen LogP contribution in [-0.2, 0) is 0 Å². The fraction of sp³-hybridized carbons (Fsp3) is 0.556. The highest BCUT2D eigenvalue weighted by Crippen LogP contribution is 2.21. The van der Waals surface area contributed by atoms with Gasteiger partial charge in [0.1, 0.15) is 0 Å². The monoisotopic (exact) mass is 254 g/mol. The second kappa shape index (κ2) is 4.90. The van der Waals surface area contributed by atoms with E-state index in [0.29, 0.717) is 31.6 Å². The van der Waals surface area contributed by atoms with Crippen molar-refractivity contribution in [1.29, 1.82) is 0 Å². The Kier molecular flexibility index (Phi) is 3.31. The molecule has 1 aromatic heterocycles. The second-order valence-electron chi connectivity index (χ2n) is 4.07. The summed E-state index contributed by atoms with van der Waals surface area (Å²) >= 11 is 0. The number of rotatable bonds is 2. The average Bonchev–Trinajstić information content (AvgIpc) is 2.87. The molecule has 0 radical (unpaired) electrons. The molecule has 4 N–H and O–H groups in total. The predicted octanol–water partition coefficient (Wildman–Crippen LogP) is -0.313. The quantitative estimate of drug-likeness (QED) is 0.287. The first-order valence-electron chi connectivity index (χ1n) is 5.49. The van der Waals surface area contributed by atoms with E-state index in [0.717, 1.165) is 0 Å². The van der Waals surface area contributed by atoms with Crippen LogP contribution in [0.1, 0.15) is 24.6 Å². The molecule has 0 saturated carbocycles. The van der Waals surface area contributed by atoms with E-state index < -0.39 is 6.09 Å². The maximum Gasteiger partial charge on any atom is 0.407 e. The first kappa shape index (κ1) is 12.1. The van der Waals surface area contributed by atoms with Crippen LogP contribution in [0.5, 0.6) is 0 Å². The van der Waals surface area contributed by atoms with Crippen molar-refractivity contribution >= 4 is 11.9 Å². The zero-order valence-electron chi connectivity index (χ0n) is 9.60. The number of amidine groups is 1. The standard InChI is InChI=1S/C9H14N6O3/c10-8(12-18)7-5-15(13-11-7)6-1-3-14(4-2-6)9(16)17/h5-6,18H,1-4H2,(H2,10,12)(H,16,17). The Hall–Kier alpha value is -2.32. The van der Waals surface area contributed by atoms with E-state index in [1.54, 1.807) is 10.9 Å². The molecule has 1 saturated heterocycles. The molecule has 2 rings (SSSR count). The molecular formula is C9H14N6O3. The molecule has 98 valence electrons. The van der Waals surface area contributed by atoms with Gasteiger partial charge in [-0.15, -0.1) is 5.10 Å². The van der Waals surface area contributed by atoms with Crippen molar-refractivity contribution in [3.05, 3.63) is 11.9 Å². The molecule has 0 unspecified atom stereocenters. The van der Waals surface area contributed by atoms with Gasteiger partial charge in [-0.05, 0) is 12.8 Å².